The SMILES string of the molecule is CC1CCCC(NC2C(=O)Nc3cc(Br)ccc32)C1C. The summed E-state index contributed by atoms with van der Waals surface area (Å²) in [6.45, 7) is 4.62. The van der Waals surface area contributed by atoms with Crippen LogP contribution in [0.15, 0.2) is 22.7 Å². The molecule has 0 bridgehead atoms. The third kappa shape index (κ3) is 2.51. The summed E-state index contributed by atoms with van der Waals surface area (Å²) >= 11 is 3.45. The topological polar surface area (TPSA) is 41.1 Å². The van der Waals surface area contributed by atoms with Crippen molar-refractivity contribution < 1.29 is 4.79 Å². The Bertz CT molecular complexity index is 531. The lowest BCUT2D eigenvalue weighted by Crippen LogP contribution is -2.44. The Balaban J connectivity index is 1.80. The maximum absolute atomic E-state index is 12.2. The van der Waals surface area contributed by atoms with E-state index in [1.165, 1.54) is 19.3 Å². The molecule has 1 amide bonds. The second-order valence-electron chi connectivity index (χ2n) is 6.19. The van der Waals surface area contributed by atoms with Crippen molar-refractivity contribution >= 4 is 27.5 Å². The molecule has 4 atom stereocenters. The van der Waals surface area contributed by atoms with Crippen LogP contribution < -0.4 is 10.6 Å². The Morgan fingerprint density at radius 3 is 2.90 bits per heavy atom. The van der Waals surface area contributed by atoms with Gasteiger partial charge in [0.15, 0.2) is 0 Å². The minimum absolute atomic E-state index is 0.0727. The second kappa shape index (κ2) is 5.49. The van der Waals surface area contributed by atoms with Crippen LogP contribution >= 0.6 is 15.9 Å². The molecule has 3 nitrogen and oxygen atoms in total. The Labute approximate surface area is 128 Å². The van der Waals surface area contributed by atoms with Crippen LogP contribution in [0, 0.1) is 11.8 Å². The number of anilines is 1. The van der Waals surface area contributed by atoms with Crippen LogP contribution in [0.25, 0.3) is 0 Å². The molecule has 0 saturated heterocycles. The van der Waals surface area contributed by atoms with Gasteiger partial charge in [0.05, 0.1) is 0 Å². The van der Waals surface area contributed by atoms with Crippen LogP contribution in [0.2, 0.25) is 0 Å². The second-order valence-corrected chi connectivity index (χ2v) is 7.11. The Kier molecular flexibility index (Phi) is 3.87. The first kappa shape index (κ1) is 14.1. The van der Waals surface area contributed by atoms with Crippen LogP contribution in [0.1, 0.15) is 44.7 Å². The van der Waals surface area contributed by atoms with Gasteiger partial charge in [0, 0.05) is 21.8 Å². The van der Waals surface area contributed by atoms with Gasteiger partial charge in [-0.3, -0.25) is 10.1 Å². The molecular formula is C16H21BrN2O. The van der Waals surface area contributed by atoms with Crippen molar-refractivity contribution in [2.24, 2.45) is 11.8 Å². The van der Waals surface area contributed by atoms with E-state index in [9.17, 15) is 4.79 Å². The molecule has 4 heteroatoms. The molecule has 3 rings (SSSR count). The van der Waals surface area contributed by atoms with Gasteiger partial charge in [-0.15, -0.1) is 0 Å². The summed E-state index contributed by atoms with van der Waals surface area (Å²) in [7, 11) is 0. The van der Waals surface area contributed by atoms with Crippen LogP contribution in [0.3, 0.4) is 0 Å². The van der Waals surface area contributed by atoms with Crippen LogP contribution in [-0.2, 0) is 4.79 Å². The third-order valence-electron chi connectivity index (χ3n) is 4.93. The van der Waals surface area contributed by atoms with Crippen LogP contribution in [0.5, 0.6) is 0 Å². The first-order chi connectivity index (χ1) is 9.56. The lowest BCUT2D eigenvalue weighted by Gasteiger charge is -2.36. The number of carbonyl (C=O) groups is 1. The zero-order valence-corrected chi connectivity index (χ0v) is 13.5. The molecule has 4 unspecified atom stereocenters. The summed E-state index contributed by atoms with van der Waals surface area (Å²) in [6.07, 6.45) is 3.73. The molecule has 2 aliphatic rings. The van der Waals surface area contributed by atoms with Gasteiger partial charge in [-0.25, -0.2) is 0 Å². The Morgan fingerprint density at radius 1 is 1.30 bits per heavy atom. The standard InChI is InChI=1S/C16H21BrN2O/c1-9-4-3-5-13(10(9)2)18-15-12-7-6-11(17)8-14(12)19-16(15)20/h6-10,13,15,18H,3-5H2,1-2H3,(H,19,20). The van der Waals surface area contributed by atoms with E-state index in [0.29, 0.717) is 12.0 Å². The van der Waals surface area contributed by atoms with E-state index in [2.05, 4.69) is 40.4 Å². The fraction of sp³-hybridized carbons (Fsp3) is 0.562. The quantitative estimate of drug-likeness (QED) is 0.860. The van der Waals surface area contributed by atoms with Gasteiger partial charge in [-0.1, -0.05) is 48.7 Å². The predicted molar refractivity (Wildman–Crippen MR) is 84.6 cm³/mol. The molecular weight excluding hydrogens is 316 g/mol. The van der Waals surface area contributed by atoms with E-state index in [0.717, 1.165) is 21.6 Å². The average molecular weight is 337 g/mol. The monoisotopic (exact) mass is 336 g/mol. The van der Waals surface area contributed by atoms with Gasteiger partial charge in [0.1, 0.15) is 6.04 Å². The van der Waals surface area contributed by atoms with Gasteiger partial charge >= 0.3 is 0 Å². The zero-order chi connectivity index (χ0) is 14.3. The molecule has 1 fully saturated rings. The first-order valence-corrected chi connectivity index (χ1v) is 8.22. The highest BCUT2D eigenvalue weighted by Crippen LogP contribution is 2.36. The minimum Gasteiger partial charge on any atom is -0.324 e. The maximum atomic E-state index is 12.2. The summed E-state index contributed by atoms with van der Waals surface area (Å²) in [6, 6.07) is 6.24. The predicted octanol–water partition coefficient (Wildman–Crippen LogP) is 3.86. The molecule has 1 aromatic rings. The van der Waals surface area contributed by atoms with E-state index in [1.807, 2.05) is 18.2 Å². The molecule has 1 heterocycles. The van der Waals surface area contributed by atoms with Crippen LogP contribution in [-0.4, -0.2) is 11.9 Å². The molecule has 20 heavy (non-hydrogen) atoms. The highest BCUT2D eigenvalue weighted by Gasteiger charge is 2.35. The number of nitrogens with one attached hydrogen (secondary N) is 2. The molecule has 108 valence electrons. The van der Waals surface area contributed by atoms with Crippen LogP contribution in [0.4, 0.5) is 5.69 Å². The van der Waals surface area contributed by atoms with Gasteiger partial charge in [-0.2, -0.15) is 0 Å². The number of hydrogen-bond donors (Lipinski definition) is 2. The van der Waals surface area contributed by atoms with Crippen molar-refractivity contribution in [2.45, 2.75) is 45.2 Å². The van der Waals surface area contributed by atoms with Gasteiger partial charge in [0.2, 0.25) is 5.91 Å². The molecule has 1 aromatic carbocycles. The Hall–Kier alpha value is -0.870. The molecule has 1 saturated carbocycles. The van der Waals surface area contributed by atoms with E-state index >= 15 is 0 Å². The summed E-state index contributed by atoms with van der Waals surface area (Å²) in [5.41, 5.74) is 2.00. The highest BCUT2D eigenvalue weighted by molar-refractivity contribution is 9.10. The molecule has 0 radical (unpaired) electrons. The van der Waals surface area contributed by atoms with Crippen molar-refractivity contribution in [3.05, 3.63) is 28.2 Å². The van der Waals surface area contributed by atoms with Gasteiger partial charge < -0.3 is 5.32 Å². The number of halogens is 1. The average Bonchev–Trinajstić information content (AvgIpc) is 2.70. The number of carbonyl (C=O) groups excluding carboxylic acids is 1. The summed E-state index contributed by atoms with van der Waals surface area (Å²) in [4.78, 5) is 12.2. The van der Waals surface area contributed by atoms with Crippen molar-refractivity contribution in [1.29, 1.82) is 0 Å². The molecule has 1 aliphatic heterocycles. The molecule has 1 aliphatic carbocycles. The van der Waals surface area contributed by atoms with Gasteiger partial charge in [-0.05, 0) is 30.4 Å². The van der Waals surface area contributed by atoms with E-state index in [1.54, 1.807) is 0 Å². The lowest BCUT2D eigenvalue weighted by atomic mass is 9.77. The summed E-state index contributed by atoms with van der Waals surface area (Å²) < 4.78 is 0.997. The Morgan fingerprint density at radius 2 is 2.10 bits per heavy atom. The van der Waals surface area contributed by atoms with Gasteiger partial charge in [0.25, 0.3) is 0 Å². The van der Waals surface area contributed by atoms with E-state index in [-0.39, 0.29) is 11.9 Å². The van der Waals surface area contributed by atoms with E-state index < -0.39 is 0 Å². The normalized spacial score (nSPS) is 32.9. The smallest absolute Gasteiger partial charge is 0.246 e. The van der Waals surface area contributed by atoms with E-state index in [4.69, 9.17) is 0 Å². The lowest BCUT2D eigenvalue weighted by molar-refractivity contribution is -0.118. The fourth-order valence-electron chi connectivity index (χ4n) is 3.43. The number of hydrogen-bond acceptors (Lipinski definition) is 2. The largest absolute Gasteiger partial charge is 0.324 e. The van der Waals surface area contributed by atoms with Crippen molar-refractivity contribution in [1.82, 2.24) is 5.32 Å². The minimum atomic E-state index is -0.198. The highest BCUT2D eigenvalue weighted by atomic mass is 79.9. The zero-order valence-electron chi connectivity index (χ0n) is 11.9. The van der Waals surface area contributed by atoms with Crippen molar-refractivity contribution in [3.8, 4) is 0 Å². The van der Waals surface area contributed by atoms with Crippen molar-refractivity contribution in [3.63, 3.8) is 0 Å². The summed E-state index contributed by atoms with van der Waals surface area (Å²) in [5, 5.41) is 6.57. The molecule has 0 aromatic heterocycles. The fourth-order valence-corrected chi connectivity index (χ4v) is 3.79. The number of benzene rings is 1. The number of amides is 1. The van der Waals surface area contributed by atoms with Crippen molar-refractivity contribution in [2.75, 3.05) is 5.32 Å². The molecule has 2 N–H and O–H groups in total. The third-order valence-corrected chi connectivity index (χ3v) is 5.43. The summed E-state index contributed by atoms with van der Waals surface area (Å²) in [5.74, 6) is 1.43. The first-order valence-electron chi connectivity index (χ1n) is 7.42. The number of fused-ring (bicyclic) bond motifs is 1. The maximum Gasteiger partial charge on any atom is 0.246 e. The molecule has 0 spiro atoms. The number of rotatable bonds is 2.